The van der Waals surface area contributed by atoms with Gasteiger partial charge in [-0.25, -0.2) is 0 Å². The highest BCUT2D eigenvalue weighted by molar-refractivity contribution is 7.99. The molecular weight excluding hydrogens is 248 g/mol. The van der Waals surface area contributed by atoms with Gasteiger partial charge in [-0.05, 0) is 18.2 Å². The van der Waals surface area contributed by atoms with E-state index in [1.54, 1.807) is 36.0 Å². The predicted molar refractivity (Wildman–Crippen MR) is 75.1 cm³/mol. The van der Waals surface area contributed by atoms with Gasteiger partial charge in [0, 0.05) is 4.75 Å². The molecular formula is C14H20O3S. The normalized spacial score (nSPS) is 15.1. The number of rotatable bonds is 6. The summed E-state index contributed by atoms with van der Waals surface area (Å²) >= 11 is 1.61. The van der Waals surface area contributed by atoms with Gasteiger partial charge in [0.2, 0.25) is 0 Å². The van der Waals surface area contributed by atoms with Crippen molar-refractivity contribution in [3.05, 3.63) is 35.9 Å². The molecule has 0 amide bonds. The molecule has 0 bridgehead atoms. The van der Waals surface area contributed by atoms with Crippen LogP contribution in [0.1, 0.15) is 25.8 Å². The van der Waals surface area contributed by atoms with Crippen LogP contribution in [0.4, 0.5) is 0 Å². The molecule has 0 aliphatic carbocycles. The van der Waals surface area contributed by atoms with Crippen molar-refractivity contribution in [2.24, 2.45) is 0 Å². The summed E-state index contributed by atoms with van der Waals surface area (Å²) in [5.74, 6) is -0.974. The molecule has 0 aliphatic rings. The number of aliphatic carboxylic acids is 1. The van der Waals surface area contributed by atoms with Crippen molar-refractivity contribution in [1.29, 1.82) is 0 Å². The molecule has 0 spiro atoms. The molecule has 1 atom stereocenters. The summed E-state index contributed by atoms with van der Waals surface area (Å²) in [5, 5.41) is 19.2. The van der Waals surface area contributed by atoms with Crippen molar-refractivity contribution in [1.82, 2.24) is 0 Å². The number of hydrogen-bond donors (Lipinski definition) is 2. The Morgan fingerprint density at radius 1 is 1.28 bits per heavy atom. The van der Waals surface area contributed by atoms with Gasteiger partial charge in [-0.3, -0.25) is 4.79 Å². The molecule has 18 heavy (non-hydrogen) atoms. The Hall–Kier alpha value is -1.00. The van der Waals surface area contributed by atoms with Crippen molar-refractivity contribution in [2.75, 3.05) is 12.9 Å². The van der Waals surface area contributed by atoms with Gasteiger partial charge in [-0.1, -0.05) is 44.2 Å². The average molecular weight is 268 g/mol. The summed E-state index contributed by atoms with van der Waals surface area (Å²) in [6.07, 6.45) is 2.34. The van der Waals surface area contributed by atoms with Crippen LogP contribution in [0.5, 0.6) is 0 Å². The summed E-state index contributed by atoms with van der Waals surface area (Å²) < 4.78 is -0.211. The third-order valence-electron chi connectivity index (χ3n) is 3.29. The van der Waals surface area contributed by atoms with Gasteiger partial charge in [-0.2, -0.15) is 11.8 Å². The van der Waals surface area contributed by atoms with E-state index >= 15 is 0 Å². The number of benzene rings is 1. The fourth-order valence-corrected chi connectivity index (χ4v) is 2.46. The molecule has 0 saturated heterocycles. The maximum atomic E-state index is 11.7. The van der Waals surface area contributed by atoms with Crippen LogP contribution in [0, 0.1) is 0 Å². The summed E-state index contributed by atoms with van der Waals surface area (Å²) in [5.41, 5.74) is -0.574. The molecule has 0 radical (unpaired) electrons. The van der Waals surface area contributed by atoms with E-state index in [1.807, 2.05) is 26.2 Å². The average Bonchev–Trinajstić information content (AvgIpc) is 2.37. The zero-order chi connectivity index (χ0) is 13.8. The van der Waals surface area contributed by atoms with Crippen LogP contribution in [-0.4, -0.2) is 33.8 Å². The minimum Gasteiger partial charge on any atom is -0.481 e. The van der Waals surface area contributed by atoms with Gasteiger partial charge in [0.1, 0.15) is 5.41 Å². The highest BCUT2D eigenvalue weighted by atomic mass is 32.2. The number of hydrogen-bond acceptors (Lipinski definition) is 3. The molecule has 3 nitrogen and oxygen atoms in total. The number of aliphatic hydroxyl groups excluding tert-OH is 1. The van der Waals surface area contributed by atoms with Crippen molar-refractivity contribution >= 4 is 17.7 Å². The fraction of sp³-hybridized carbons (Fsp3) is 0.500. The monoisotopic (exact) mass is 268 g/mol. The fourth-order valence-electron chi connectivity index (χ4n) is 2.07. The second-order valence-corrected chi connectivity index (χ2v) is 6.57. The molecule has 2 N–H and O–H groups in total. The van der Waals surface area contributed by atoms with Crippen LogP contribution in [-0.2, 0) is 10.2 Å². The second kappa shape index (κ2) is 5.76. The molecule has 0 aliphatic heterocycles. The Balaban J connectivity index is 3.23. The Labute approximate surface area is 112 Å². The Kier molecular flexibility index (Phi) is 4.82. The first-order chi connectivity index (χ1) is 8.38. The molecule has 4 heteroatoms. The smallest absolute Gasteiger partial charge is 0.316 e. The lowest BCUT2D eigenvalue weighted by atomic mass is 9.74. The molecule has 0 aromatic heterocycles. The third-order valence-corrected chi connectivity index (χ3v) is 4.54. The molecule has 0 heterocycles. The van der Waals surface area contributed by atoms with Gasteiger partial charge in [0.15, 0.2) is 0 Å². The van der Waals surface area contributed by atoms with Crippen LogP contribution in [0.15, 0.2) is 30.3 Å². The highest BCUT2D eigenvalue weighted by Gasteiger charge is 2.44. The van der Waals surface area contributed by atoms with E-state index in [9.17, 15) is 15.0 Å². The molecule has 0 unspecified atom stereocenters. The van der Waals surface area contributed by atoms with Crippen molar-refractivity contribution in [3.8, 4) is 0 Å². The zero-order valence-corrected chi connectivity index (χ0v) is 11.8. The molecule has 0 saturated carbocycles. The summed E-state index contributed by atoms with van der Waals surface area (Å²) in [4.78, 5) is 11.7. The SMILES string of the molecule is CSC(C)(C)C[C@](CO)(C(=O)O)c1ccccc1. The number of carbonyl (C=O) groups is 1. The number of carboxylic acid groups (broad SMARTS) is 1. The first-order valence-electron chi connectivity index (χ1n) is 5.83. The van der Waals surface area contributed by atoms with E-state index in [1.165, 1.54) is 0 Å². The minimum atomic E-state index is -1.23. The van der Waals surface area contributed by atoms with E-state index in [-0.39, 0.29) is 4.75 Å². The summed E-state index contributed by atoms with van der Waals surface area (Å²) in [6.45, 7) is 3.60. The van der Waals surface area contributed by atoms with E-state index in [2.05, 4.69) is 0 Å². The standard InChI is InChI=1S/C14H20O3S/c1-13(2,18-3)9-14(10-15,12(16)17)11-7-5-4-6-8-11/h4-8,15H,9-10H2,1-3H3,(H,16,17)/t14-/m1/s1. The van der Waals surface area contributed by atoms with Crippen LogP contribution in [0.25, 0.3) is 0 Å². The third kappa shape index (κ3) is 3.06. The number of carboxylic acids is 1. The van der Waals surface area contributed by atoms with Gasteiger partial charge >= 0.3 is 5.97 Å². The Morgan fingerprint density at radius 2 is 1.83 bits per heavy atom. The van der Waals surface area contributed by atoms with Crippen molar-refractivity contribution < 1.29 is 15.0 Å². The van der Waals surface area contributed by atoms with E-state index in [0.717, 1.165) is 0 Å². The first kappa shape index (κ1) is 15.1. The molecule has 1 rings (SSSR count). The Bertz CT molecular complexity index is 403. The topological polar surface area (TPSA) is 57.5 Å². The van der Waals surface area contributed by atoms with Gasteiger partial charge in [0.05, 0.1) is 6.61 Å². The van der Waals surface area contributed by atoms with Gasteiger partial charge in [0.25, 0.3) is 0 Å². The summed E-state index contributed by atoms with van der Waals surface area (Å²) in [6, 6.07) is 8.97. The van der Waals surface area contributed by atoms with Crippen molar-refractivity contribution in [3.63, 3.8) is 0 Å². The maximum absolute atomic E-state index is 11.7. The Morgan fingerprint density at radius 3 is 2.22 bits per heavy atom. The van der Waals surface area contributed by atoms with Crippen molar-refractivity contribution in [2.45, 2.75) is 30.4 Å². The van der Waals surface area contributed by atoms with Crippen LogP contribution in [0.2, 0.25) is 0 Å². The lowest BCUT2D eigenvalue weighted by molar-refractivity contribution is -0.146. The highest BCUT2D eigenvalue weighted by Crippen LogP contribution is 2.38. The molecule has 100 valence electrons. The molecule has 0 fully saturated rings. The maximum Gasteiger partial charge on any atom is 0.316 e. The van der Waals surface area contributed by atoms with Crippen LogP contribution >= 0.6 is 11.8 Å². The van der Waals surface area contributed by atoms with Crippen LogP contribution < -0.4 is 0 Å². The number of aliphatic hydroxyl groups is 1. The lowest BCUT2D eigenvalue weighted by Crippen LogP contribution is -2.44. The number of thioether (sulfide) groups is 1. The predicted octanol–water partition coefficient (Wildman–Crippen LogP) is 2.53. The van der Waals surface area contributed by atoms with E-state index < -0.39 is 18.0 Å². The van der Waals surface area contributed by atoms with E-state index in [4.69, 9.17) is 0 Å². The molecule has 1 aromatic carbocycles. The van der Waals surface area contributed by atoms with Crippen LogP contribution in [0.3, 0.4) is 0 Å². The quantitative estimate of drug-likeness (QED) is 0.832. The second-order valence-electron chi connectivity index (χ2n) is 5.05. The first-order valence-corrected chi connectivity index (χ1v) is 7.05. The van der Waals surface area contributed by atoms with E-state index in [0.29, 0.717) is 12.0 Å². The lowest BCUT2D eigenvalue weighted by Gasteiger charge is -2.35. The van der Waals surface area contributed by atoms with Gasteiger partial charge < -0.3 is 10.2 Å². The minimum absolute atomic E-state index is 0.211. The van der Waals surface area contributed by atoms with Gasteiger partial charge in [-0.15, -0.1) is 0 Å². The summed E-state index contributed by atoms with van der Waals surface area (Å²) in [7, 11) is 0. The largest absolute Gasteiger partial charge is 0.481 e. The zero-order valence-electron chi connectivity index (χ0n) is 11.0. The molecule has 1 aromatic rings.